The summed E-state index contributed by atoms with van der Waals surface area (Å²) in [5.74, 6) is -4.88. The molecule has 0 aromatic heterocycles. The lowest BCUT2D eigenvalue weighted by Crippen LogP contribution is -2.69. The maximum atomic E-state index is 14.7. The molecule has 0 bridgehead atoms. The Kier molecular flexibility index (Phi) is 11.4. The Morgan fingerprint density at radius 2 is 1.44 bits per heavy atom. The summed E-state index contributed by atoms with van der Waals surface area (Å²) in [5.41, 5.74) is 5.65. The van der Waals surface area contributed by atoms with Crippen molar-refractivity contribution < 1.29 is 43.7 Å². The summed E-state index contributed by atoms with van der Waals surface area (Å²) in [6.45, 7) is 6.90. The number of aliphatic hydroxyl groups is 2. The number of nitrogens with zero attached hydrogens (tertiary/aromatic N) is 3. The molecule has 5 aliphatic heterocycles. The largest absolute Gasteiger partial charge is 0.391 e. The summed E-state index contributed by atoms with van der Waals surface area (Å²) < 4.78 is 5.25. The summed E-state index contributed by atoms with van der Waals surface area (Å²) >= 11 is 6.41. The fraction of sp³-hybridized carbons (Fsp3) is 0.657. The van der Waals surface area contributed by atoms with Gasteiger partial charge in [0.05, 0.1) is 12.7 Å². The number of hydrogen-bond acceptors (Lipinski definition) is 12. The summed E-state index contributed by atoms with van der Waals surface area (Å²) in [6.07, 6.45) is -1.50. The summed E-state index contributed by atoms with van der Waals surface area (Å²) in [6, 6.07) is -4.48. The van der Waals surface area contributed by atoms with Crippen LogP contribution >= 0.6 is 11.6 Å². The molecular formula is C35H50ClN9O9. The van der Waals surface area contributed by atoms with Gasteiger partial charge in [0, 0.05) is 42.9 Å². The lowest BCUT2D eigenvalue weighted by atomic mass is 9.90. The van der Waals surface area contributed by atoms with E-state index in [1.54, 1.807) is 32.9 Å². The molecule has 54 heavy (non-hydrogen) atoms. The quantitative estimate of drug-likeness (QED) is 0.172. The van der Waals surface area contributed by atoms with Gasteiger partial charge in [-0.05, 0) is 63.1 Å². The van der Waals surface area contributed by atoms with Gasteiger partial charge in [0.25, 0.3) is 11.8 Å². The maximum Gasteiger partial charge on any atom is 0.261 e. The zero-order valence-corrected chi connectivity index (χ0v) is 31.7. The van der Waals surface area contributed by atoms with Crippen LogP contribution in [0, 0.1) is 12.8 Å². The Labute approximate surface area is 317 Å². The molecule has 0 spiro atoms. The Morgan fingerprint density at radius 1 is 0.833 bits per heavy atom. The van der Waals surface area contributed by atoms with E-state index in [2.05, 4.69) is 32.1 Å². The molecule has 0 radical (unpaired) electrons. The Bertz CT molecular complexity index is 1700. The first-order valence-electron chi connectivity index (χ1n) is 18.4. The molecule has 1 aromatic rings. The molecule has 18 nitrogen and oxygen atoms in total. The van der Waals surface area contributed by atoms with Gasteiger partial charge in [-0.3, -0.25) is 38.8 Å². The lowest BCUT2D eigenvalue weighted by molar-refractivity contribution is -0.161. The Hall–Kier alpha value is -4.07. The second kappa shape index (κ2) is 15.6. The topological polar surface area (TPSA) is 234 Å². The summed E-state index contributed by atoms with van der Waals surface area (Å²) in [5, 5.41) is 37.2. The third-order valence-electron chi connectivity index (χ3n) is 11.0. The van der Waals surface area contributed by atoms with Crippen LogP contribution in [-0.4, -0.2) is 136 Å². The van der Waals surface area contributed by atoms with Crippen LogP contribution in [0.25, 0.3) is 0 Å². The number of hydrogen-bond donors (Lipinski definition) is 8. The second-order valence-corrected chi connectivity index (χ2v) is 15.5. The normalized spacial score (nSPS) is 33.0. The number of carbonyl (C=O) groups is 6. The highest BCUT2D eigenvalue weighted by Crippen LogP contribution is 2.50. The van der Waals surface area contributed by atoms with Crippen LogP contribution in [0.2, 0.25) is 5.02 Å². The molecule has 0 aliphatic carbocycles. The molecule has 1 aromatic carbocycles. The number of rotatable bonds is 4. The molecule has 5 aliphatic rings. The highest BCUT2D eigenvalue weighted by atomic mass is 35.5. The standard InChI is InChI=1S/C35H50ClN9O9/c1-16(2)26-33(52)45-24(9-7-11-38-45)31(50)44-23(8-6-10-37-44)29(48)39-22(15-54-5)28(47)42-27(18(4)46)32(51)43-25(30(49)41-26)14-35(53)19-12-17(3)20(36)13-21(19)40-34(35)43/h12-13,16,18,22-27,34,37-38,40,46,53H,6-11,14-15H2,1-5H3,(H,39,48)(H,41,49)(H,42,47)/t18-,22-,23+,24-,25-,26+,27+,34-,35+/m0/s1. The van der Waals surface area contributed by atoms with Crippen LogP contribution in [0.3, 0.4) is 0 Å². The molecule has 4 fully saturated rings. The van der Waals surface area contributed by atoms with Gasteiger partial charge in [0.1, 0.15) is 48.0 Å². The highest BCUT2D eigenvalue weighted by Gasteiger charge is 2.61. The van der Waals surface area contributed by atoms with Crippen LogP contribution in [0.5, 0.6) is 0 Å². The Morgan fingerprint density at radius 3 is 2.07 bits per heavy atom. The lowest BCUT2D eigenvalue weighted by Gasteiger charge is -2.43. The van der Waals surface area contributed by atoms with Gasteiger partial charge in [0.15, 0.2) is 0 Å². The van der Waals surface area contributed by atoms with E-state index in [0.717, 1.165) is 4.90 Å². The number of nitrogens with one attached hydrogen (secondary N) is 6. The number of ether oxygens (including phenoxy) is 1. The van der Waals surface area contributed by atoms with E-state index in [-0.39, 0.29) is 25.9 Å². The molecule has 0 saturated carbocycles. The van der Waals surface area contributed by atoms with Crippen molar-refractivity contribution in [2.75, 3.05) is 32.1 Å². The van der Waals surface area contributed by atoms with E-state index in [1.165, 1.54) is 24.1 Å². The van der Waals surface area contributed by atoms with Gasteiger partial charge < -0.3 is 41.1 Å². The smallest absolute Gasteiger partial charge is 0.261 e. The summed E-state index contributed by atoms with van der Waals surface area (Å²) in [4.78, 5) is 86.6. The number of anilines is 1. The molecule has 6 amide bonds. The molecule has 296 valence electrons. The van der Waals surface area contributed by atoms with Gasteiger partial charge in [-0.2, -0.15) is 0 Å². The van der Waals surface area contributed by atoms with Crippen LogP contribution in [0.1, 0.15) is 64.0 Å². The van der Waals surface area contributed by atoms with Gasteiger partial charge in [-0.15, -0.1) is 0 Å². The fourth-order valence-corrected chi connectivity index (χ4v) is 8.24. The van der Waals surface area contributed by atoms with E-state index < -0.39 is 95.5 Å². The molecular weight excluding hydrogens is 726 g/mol. The predicted octanol–water partition coefficient (Wildman–Crippen LogP) is -1.67. The molecule has 19 heteroatoms. The molecule has 5 heterocycles. The number of carbonyl (C=O) groups excluding carboxylic acids is 6. The first-order valence-corrected chi connectivity index (χ1v) is 18.8. The predicted molar refractivity (Wildman–Crippen MR) is 193 cm³/mol. The minimum Gasteiger partial charge on any atom is -0.391 e. The number of methoxy groups -OCH3 is 1. The van der Waals surface area contributed by atoms with Crippen molar-refractivity contribution in [2.45, 2.75) is 114 Å². The zero-order valence-electron chi connectivity index (χ0n) is 31.0. The second-order valence-electron chi connectivity index (χ2n) is 15.1. The maximum absolute atomic E-state index is 14.7. The SMILES string of the molecule is COC[C@@H]1NC(=O)[C@H]2CCCNN2C(=O)[C@@H]2CCCNN2C(=O)[C@@H](C(C)C)NC(=O)[C@@H]2C[C@@]3(O)c4cc(C)c(Cl)cc4N[C@H]3N2C(=O)[C@@H]([C@H](C)O)NC1=O. The van der Waals surface area contributed by atoms with Crippen molar-refractivity contribution in [3.63, 3.8) is 0 Å². The van der Waals surface area contributed by atoms with Crippen molar-refractivity contribution >= 4 is 52.7 Å². The number of halogens is 1. The molecule has 9 atom stereocenters. The van der Waals surface area contributed by atoms with E-state index in [1.807, 2.05) is 0 Å². The van der Waals surface area contributed by atoms with Crippen molar-refractivity contribution in [1.82, 2.24) is 41.7 Å². The molecule has 6 rings (SSSR count). The van der Waals surface area contributed by atoms with Crippen LogP contribution in [0.15, 0.2) is 12.1 Å². The third-order valence-corrected chi connectivity index (χ3v) is 11.4. The number of aryl methyl sites for hydroxylation is 1. The average Bonchev–Trinajstić information content (AvgIpc) is 3.58. The first-order chi connectivity index (χ1) is 25.6. The number of aliphatic hydroxyl groups excluding tert-OH is 1. The van der Waals surface area contributed by atoms with Crippen LogP contribution < -0.4 is 32.1 Å². The van der Waals surface area contributed by atoms with Gasteiger partial charge in [-0.25, -0.2) is 10.9 Å². The van der Waals surface area contributed by atoms with E-state index >= 15 is 0 Å². The van der Waals surface area contributed by atoms with Gasteiger partial charge >= 0.3 is 0 Å². The first kappa shape index (κ1) is 39.6. The third kappa shape index (κ3) is 7.10. The fourth-order valence-electron chi connectivity index (χ4n) is 8.07. The number of benzene rings is 1. The highest BCUT2D eigenvalue weighted by molar-refractivity contribution is 6.31. The van der Waals surface area contributed by atoms with Gasteiger partial charge in [0.2, 0.25) is 23.6 Å². The average molecular weight is 776 g/mol. The van der Waals surface area contributed by atoms with Crippen LogP contribution in [-0.2, 0) is 39.1 Å². The number of hydrazine groups is 2. The van der Waals surface area contributed by atoms with E-state index in [4.69, 9.17) is 16.3 Å². The molecule has 4 saturated heterocycles. The number of fused-ring (bicyclic) bond motifs is 7. The van der Waals surface area contributed by atoms with E-state index in [0.29, 0.717) is 47.8 Å². The van der Waals surface area contributed by atoms with Crippen molar-refractivity contribution in [3.05, 3.63) is 28.3 Å². The monoisotopic (exact) mass is 775 g/mol. The van der Waals surface area contributed by atoms with Crippen LogP contribution in [0.4, 0.5) is 5.69 Å². The minimum atomic E-state index is -1.83. The molecule has 8 N–H and O–H groups in total. The van der Waals surface area contributed by atoms with E-state index in [9.17, 15) is 39.0 Å². The molecule has 0 unspecified atom stereocenters. The Balaban J connectivity index is 1.45. The number of amides is 6. The zero-order chi connectivity index (χ0) is 39.2. The van der Waals surface area contributed by atoms with Crippen molar-refractivity contribution in [3.8, 4) is 0 Å². The minimum absolute atomic E-state index is 0.250. The summed E-state index contributed by atoms with van der Waals surface area (Å²) in [7, 11) is 1.32. The van der Waals surface area contributed by atoms with Gasteiger partial charge in [-0.1, -0.05) is 25.4 Å². The van der Waals surface area contributed by atoms with Crippen molar-refractivity contribution in [1.29, 1.82) is 0 Å². The van der Waals surface area contributed by atoms with Crippen molar-refractivity contribution in [2.24, 2.45) is 5.92 Å².